The minimum atomic E-state index is -0.639. The van der Waals surface area contributed by atoms with Crippen LogP contribution in [0, 0.1) is 0 Å². The smallest absolute Gasteiger partial charge is 0.355 e. The van der Waals surface area contributed by atoms with Gasteiger partial charge in [0.1, 0.15) is 12.2 Å². The van der Waals surface area contributed by atoms with Crippen LogP contribution in [0.25, 0.3) is 10.9 Å². The van der Waals surface area contributed by atoms with E-state index in [9.17, 15) is 14.4 Å². The van der Waals surface area contributed by atoms with Crippen LogP contribution in [0.4, 0.5) is 0 Å². The van der Waals surface area contributed by atoms with Crippen molar-refractivity contribution in [3.05, 3.63) is 35.5 Å². The average Bonchev–Trinajstić information content (AvgIpc) is 2.81. The van der Waals surface area contributed by atoms with Crippen molar-refractivity contribution in [2.75, 3.05) is 13.7 Å². The van der Waals surface area contributed by atoms with Gasteiger partial charge < -0.3 is 14.0 Å². The van der Waals surface area contributed by atoms with Gasteiger partial charge in [-0.15, -0.1) is 0 Å². The molecule has 1 aromatic heterocycles. The van der Waals surface area contributed by atoms with E-state index >= 15 is 0 Å². The van der Waals surface area contributed by atoms with E-state index < -0.39 is 11.9 Å². The molecule has 0 N–H and O–H groups in total. The Hall–Kier alpha value is -2.63. The fourth-order valence-electron chi connectivity index (χ4n) is 2.23. The lowest BCUT2D eigenvalue weighted by Gasteiger charge is -2.09. The minimum Gasteiger partial charge on any atom is -0.468 e. The lowest BCUT2D eigenvalue weighted by atomic mass is 10.1. The number of para-hydroxylation sites is 1. The number of hydrogen-bond acceptors (Lipinski definition) is 5. The zero-order valence-corrected chi connectivity index (χ0v) is 11.8. The standard InChI is InChI=1S/C15H15NO5/c1-3-21-15(19)14-11(9-17)10-6-4-5-7-12(10)16(14)8-13(18)20-2/h4-7,9H,3,8H2,1-2H3. The molecule has 2 aromatic rings. The zero-order chi connectivity index (χ0) is 15.4. The van der Waals surface area contributed by atoms with Crippen molar-refractivity contribution in [3.63, 3.8) is 0 Å². The quantitative estimate of drug-likeness (QED) is 0.620. The molecule has 0 aliphatic carbocycles. The van der Waals surface area contributed by atoms with Gasteiger partial charge in [-0.3, -0.25) is 9.59 Å². The number of rotatable bonds is 5. The molecule has 0 aliphatic heterocycles. The molecule has 0 atom stereocenters. The summed E-state index contributed by atoms with van der Waals surface area (Å²) in [7, 11) is 1.26. The fraction of sp³-hybridized carbons (Fsp3) is 0.267. The van der Waals surface area contributed by atoms with Crippen molar-refractivity contribution in [2.45, 2.75) is 13.5 Å². The van der Waals surface area contributed by atoms with Gasteiger partial charge in [0.15, 0.2) is 6.29 Å². The lowest BCUT2D eigenvalue weighted by molar-refractivity contribution is -0.141. The molecule has 0 saturated carbocycles. The van der Waals surface area contributed by atoms with E-state index in [1.54, 1.807) is 31.2 Å². The molecule has 0 saturated heterocycles. The average molecular weight is 289 g/mol. The zero-order valence-electron chi connectivity index (χ0n) is 11.8. The van der Waals surface area contributed by atoms with Crippen molar-refractivity contribution in [1.29, 1.82) is 0 Å². The van der Waals surface area contributed by atoms with Crippen LogP contribution in [-0.4, -0.2) is 36.5 Å². The van der Waals surface area contributed by atoms with Gasteiger partial charge >= 0.3 is 11.9 Å². The maximum Gasteiger partial charge on any atom is 0.355 e. The monoisotopic (exact) mass is 289 g/mol. The topological polar surface area (TPSA) is 74.6 Å². The van der Waals surface area contributed by atoms with Crippen LogP contribution >= 0.6 is 0 Å². The summed E-state index contributed by atoms with van der Waals surface area (Å²) in [6.45, 7) is 1.68. The maximum atomic E-state index is 12.1. The van der Waals surface area contributed by atoms with Crippen LogP contribution in [0.2, 0.25) is 0 Å². The van der Waals surface area contributed by atoms with Crippen LogP contribution in [0.1, 0.15) is 27.8 Å². The Morgan fingerprint density at radius 2 is 2.00 bits per heavy atom. The van der Waals surface area contributed by atoms with Crippen molar-refractivity contribution in [3.8, 4) is 0 Å². The molecular weight excluding hydrogens is 274 g/mol. The second-order valence-electron chi connectivity index (χ2n) is 4.28. The van der Waals surface area contributed by atoms with Gasteiger partial charge in [0, 0.05) is 10.9 Å². The molecule has 1 heterocycles. The summed E-state index contributed by atoms with van der Waals surface area (Å²) in [6, 6.07) is 6.97. The van der Waals surface area contributed by atoms with Gasteiger partial charge in [0.25, 0.3) is 0 Å². The molecule has 6 heteroatoms. The van der Waals surface area contributed by atoms with Gasteiger partial charge in [0.05, 0.1) is 19.3 Å². The molecule has 0 spiro atoms. The van der Waals surface area contributed by atoms with Crippen molar-refractivity contribution in [1.82, 2.24) is 4.57 Å². The molecule has 0 bridgehead atoms. The number of carbonyl (C=O) groups excluding carboxylic acids is 3. The Labute approximate surface area is 121 Å². The lowest BCUT2D eigenvalue weighted by Crippen LogP contribution is -2.19. The Balaban J connectivity index is 2.71. The molecule has 2 rings (SSSR count). The number of aromatic nitrogens is 1. The molecular formula is C15H15NO5. The van der Waals surface area contributed by atoms with Crippen molar-refractivity contribution < 1.29 is 23.9 Å². The van der Waals surface area contributed by atoms with E-state index in [1.165, 1.54) is 11.7 Å². The summed E-state index contributed by atoms with van der Waals surface area (Å²) in [6.07, 6.45) is 0.600. The Kier molecular flexibility index (Phi) is 4.37. The minimum absolute atomic E-state index is 0.0680. The molecule has 0 radical (unpaired) electrons. The molecule has 21 heavy (non-hydrogen) atoms. The number of aldehydes is 1. The molecule has 6 nitrogen and oxygen atoms in total. The van der Waals surface area contributed by atoms with Gasteiger partial charge in [-0.05, 0) is 13.0 Å². The number of ether oxygens (including phenoxy) is 2. The van der Waals surface area contributed by atoms with Crippen LogP contribution in [-0.2, 0) is 20.8 Å². The summed E-state index contributed by atoms with van der Waals surface area (Å²) in [5, 5.41) is 0.597. The third kappa shape index (κ3) is 2.65. The highest BCUT2D eigenvalue weighted by atomic mass is 16.5. The first-order chi connectivity index (χ1) is 10.1. The highest BCUT2D eigenvalue weighted by Crippen LogP contribution is 2.25. The SMILES string of the molecule is CCOC(=O)c1c(C=O)c2ccccc2n1CC(=O)OC. The van der Waals surface area contributed by atoms with E-state index in [0.717, 1.165) is 0 Å². The highest BCUT2D eigenvalue weighted by Gasteiger charge is 2.24. The Morgan fingerprint density at radius 1 is 1.29 bits per heavy atom. The van der Waals surface area contributed by atoms with Gasteiger partial charge in [-0.1, -0.05) is 18.2 Å². The number of methoxy groups -OCH3 is 1. The van der Waals surface area contributed by atoms with Crippen molar-refractivity contribution in [2.24, 2.45) is 0 Å². The second-order valence-corrected chi connectivity index (χ2v) is 4.28. The first kappa shape index (κ1) is 14.8. The number of benzene rings is 1. The second kappa shape index (κ2) is 6.21. The third-order valence-electron chi connectivity index (χ3n) is 3.11. The van der Waals surface area contributed by atoms with Crippen molar-refractivity contribution >= 4 is 29.1 Å². The summed E-state index contributed by atoms with van der Waals surface area (Å²) >= 11 is 0. The number of fused-ring (bicyclic) bond motifs is 1. The fourth-order valence-corrected chi connectivity index (χ4v) is 2.23. The van der Waals surface area contributed by atoms with Crippen LogP contribution < -0.4 is 0 Å². The first-order valence-corrected chi connectivity index (χ1v) is 6.44. The third-order valence-corrected chi connectivity index (χ3v) is 3.11. The highest BCUT2D eigenvalue weighted by molar-refractivity contribution is 6.09. The normalized spacial score (nSPS) is 10.4. The van der Waals surface area contributed by atoms with Crippen LogP contribution in [0.15, 0.2) is 24.3 Å². The molecule has 1 aromatic carbocycles. The number of esters is 2. The van der Waals surface area contributed by atoms with Crippen LogP contribution in [0.3, 0.4) is 0 Å². The molecule has 0 aliphatic rings. The van der Waals surface area contributed by atoms with Crippen LogP contribution in [0.5, 0.6) is 0 Å². The van der Waals surface area contributed by atoms with E-state index in [2.05, 4.69) is 4.74 Å². The number of carbonyl (C=O) groups is 3. The van der Waals surface area contributed by atoms with E-state index in [1.807, 2.05) is 0 Å². The summed E-state index contributed by atoms with van der Waals surface area (Å²) < 4.78 is 11.1. The molecule has 0 amide bonds. The number of hydrogen-bond donors (Lipinski definition) is 0. The Bertz CT molecular complexity index is 701. The first-order valence-electron chi connectivity index (χ1n) is 6.44. The van der Waals surface area contributed by atoms with E-state index in [-0.39, 0.29) is 24.4 Å². The summed E-state index contributed by atoms with van der Waals surface area (Å²) in [5.41, 5.74) is 0.888. The van der Waals surface area contributed by atoms with E-state index in [0.29, 0.717) is 17.2 Å². The summed E-state index contributed by atoms with van der Waals surface area (Å²) in [4.78, 5) is 35.1. The predicted octanol–water partition coefficient (Wildman–Crippen LogP) is 1.80. The summed E-state index contributed by atoms with van der Waals surface area (Å²) in [5.74, 6) is -1.15. The number of nitrogens with zero attached hydrogens (tertiary/aromatic N) is 1. The van der Waals surface area contributed by atoms with Gasteiger partial charge in [-0.2, -0.15) is 0 Å². The van der Waals surface area contributed by atoms with Gasteiger partial charge in [-0.25, -0.2) is 4.79 Å². The van der Waals surface area contributed by atoms with Gasteiger partial charge in [0.2, 0.25) is 0 Å². The predicted molar refractivity (Wildman–Crippen MR) is 75.3 cm³/mol. The Morgan fingerprint density at radius 3 is 2.62 bits per heavy atom. The maximum absolute atomic E-state index is 12.1. The molecule has 110 valence electrons. The largest absolute Gasteiger partial charge is 0.468 e. The molecule has 0 unspecified atom stereocenters. The molecule has 0 fully saturated rings. The van der Waals surface area contributed by atoms with E-state index in [4.69, 9.17) is 4.74 Å².